The van der Waals surface area contributed by atoms with E-state index < -0.39 is 0 Å². The summed E-state index contributed by atoms with van der Waals surface area (Å²) < 4.78 is 4.57. The third-order valence-electron chi connectivity index (χ3n) is 18.0. The second kappa shape index (κ2) is 20.1. The van der Waals surface area contributed by atoms with Gasteiger partial charge in [-0.25, -0.2) is 0 Å². The van der Waals surface area contributed by atoms with Crippen molar-refractivity contribution in [2.24, 2.45) is 0 Å². The van der Waals surface area contributed by atoms with Crippen molar-refractivity contribution in [2.45, 2.75) is 157 Å². The van der Waals surface area contributed by atoms with Crippen LogP contribution in [-0.4, -0.2) is 8.97 Å². The zero-order valence-electron chi connectivity index (χ0n) is 53.9. The summed E-state index contributed by atoms with van der Waals surface area (Å²) in [6.07, 6.45) is 0. The highest BCUT2D eigenvalue weighted by Crippen LogP contribution is 2.49. The van der Waals surface area contributed by atoms with E-state index in [9.17, 15) is 0 Å². The molecule has 6 nitrogen and oxygen atoms in total. The summed E-state index contributed by atoms with van der Waals surface area (Å²) >= 11 is 0. The molecular formula is C80H84N4O2. The van der Waals surface area contributed by atoms with Gasteiger partial charge in [-0.2, -0.15) is 0 Å². The minimum absolute atomic E-state index is 0.0621. The van der Waals surface area contributed by atoms with Gasteiger partial charge in [0.25, 0.3) is 0 Å². The van der Waals surface area contributed by atoms with Crippen molar-refractivity contribution in [3.8, 4) is 5.69 Å². The lowest BCUT2D eigenvalue weighted by molar-refractivity contribution is 0.590. The monoisotopic (exact) mass is 1130 g/mol. The van der Waals surface area contributed by atoms with Gasteiger partial charge < -0.3 is 18.8 Å². The molecule has 0 aliphatic rings. The van der Waals surface area contributed by atoms with Crippen LogP contribution in [0, 0.1) is 0 Å². The van der Waals surface area contributed by atoms with Crippen molar-refractivity contribution in [3.05, 3.63) is 236 Å². The average Bonchev–Trinajstić information content (AvgIpc) is 1.17. The van der Waals surface area contributed by atoms with Gasteiger partial charge in [-0.1, -0.05) is 210 Å². The smallest absolute Gasteiger partial charge is 0.197 e. The Balaban J connectivity index is 1.28. The van der Waals surface area contributed by atoms with Gasteiger partial charge >= 0.3 is 0 Å². The van der Waals surface area contributed by atoms with E-state index >= 15 is 9.59 Å². The second-order valence-corrected chi connectivity index (χ2v) is 30.4. The Morgan fingerprint density at radius 3 is 0.837 bits per heavy atom. The molecule has 0 saturated carbocycles. The SMILES string of the molecule is CC(C)(C)c1ccc(N(c2ccc(C(C)(C)C)cc2)c2cccc3c4cccc(N(c5ccc(C(C)(C)C)cc5)c5ccc(C(C)(C)C)cc5)c4n(-c4cc5c(=O)c6cc(C(C)(C)C)ccc6n6c7ccc(C(C)(C)C)cc7c(=O)c(c4)c56)c23)cc1. The summed E-state index contributed by atoms with van der Waals surface area (Å²) in [5.74, 6) is 0. The van der Waals surface area contributed by atoms with Crippen LogP contribution < -0.4 is 20.7 Å². The first-order chi connectivity index (χ1) is 40.3. The topological polar surface area (TPSA) is 50.0 Å². The van der Waals surface area contributed by atoms with E-state index in [0.29, 0.717) is 32.7 Å². The summed E-state index contributed by atoms with van der Waals surface area (Å²) in [7, 11) is 0. The number of anilines is 6. The molecule has 0 bridgehead atoms. The molecular weight excluding hydrogens is 1050 g/mol. The van der Waals surface area contributed by atoms with Gasteiger partial charge in [0.15, 0.2) is 10.9 Å². The minimum atomic E-state index is -0.228. The fourth-order valence-corrected chi connectivity index (χ4v) is 12.7. The molecule has 12 aromatic rings. The van der Waals surface area contributed by atoms with E-state index in [1.54, 1.807) is 0 Å². The third-order valence-corrected chi connectivity index (χ3v) is 18.0. The van der Waals surface area contributed by atoms with Gasteiger partial charge in [0.05, 0.1) is 39.0 Å². The van der Waals surface area contributed by atoms with Crippen LogP contribution in [0.1, 0.15) is 158 Å². The van der Waals surface area contributed by atoms with E-state index in [4.69, 9.17) is 0 Å². The molecule has 0 fully saturated rings. The molecule has 0 spiro atoms. The van der Waals surface area contributed by atoms with Crippen molar-refractivity contribution in [1.82, 2.24) is 8.97 Å². The maximum Gasteiger partial charge on any atom is 0.197 e. The van der Waals surface area contributed by atoms with Crippen molar-refractivity contribution < 1.29 is 0 Å². The number of rotatable bonds is 7. The normalized spacial score (nSPS) is 13.1. The Hall–Kier alpha value is -8.48. The van der Waals surface area contributed by atoms with Crippen LogP contribution in [0.25, 0.3) is 65.6 Å². The number of hydrogen-bond donors (Lipinski definition) is 0. The van der Waals surface area contributed by atoms with Crippen LogP contribution in [0.5, 0.6) is 0 Å². The lowest BCUT2D eigenvalue weighted by Gasteiger charge is -2.30. The Bertz CT molecular complexity index is 4340. The maximum atomic E-state index is 16.0. The van der Waals surface area contributed by atoms with E-state index in [-0.39, 0.29) is 43.3 Å². The minimum Gasteiger partial charge on any atom is -0.308 e. The van der Waals surface area contributed by atoms with Crippen molar-refractivity contribution >= 4 is 94.0 Å². The fourth-order valence-electron chi connectivity index (χ4n) is 12.7. The zero-order valence-corrected chi connectivity index (χ0v) is 53.9. The Kier molecular flexibility index (Phi) is 13.5. The molecule has 0 aliphatic carbocycles. The molecule has 3 heterocycles. The quantitative estimate of drug-likeness (QED) is 0.118. The Morgan fingerprint density at radius 2 is 0.558 bits per heavy atom. The van der Waals surface area contributed by atoms with E-state index in [0.717, 1.165) is 78.1 Å². The number of benzene rings is 9. The van der Waals surface area contributed by atoms with Crippen molar-refractivity contribution in [1.29, 1.82) is 0 Å². The van der Waals surface area contributed by atoms with Crippen LogP contribution in [0.3, 0.4) is 0 Å². The Labute approximate surface area is 508 Å². The van der Waals surface area contributed by atoms with Crippen LogP contribution in [0.15, 0.2) is 192 Å². The lowest BCUT2D eigenvalue weighted by Crippen LogP contribution is -2.18. The van der Waals surface area contributed by atoms with E-state index in [2.05, 4.69) is 325 Å². The van der Waals surface area contributed by atoms with Crippen LogP contribution in [0.4, 0.5) is 34.1 Å². The summed E-state index contributed by atoms with van der Waals surface area (Å²) in [5, 5.41) is 4.26. The summed E-state index contributed by atoms with van der Waals surface area (Å²) in [5.41, 5.74) is 16.8. The molecule has 0 aliphatic heterocycles. The molecule has 0 N–H and O–H groups in total. The van der Waals surface area contributed by atoms with Gasteiger partial charge in [-0.05, 0) is 163 Å². The number of aromatic nitrogens is 2. The molecule has 0 atom stereocenters. The van der Waals surface area contributed by atoms with Crippen LogP contribution in [-0.2, 0) is 32.5 Å². The molecule has 436 valence electrons. The molecule has 0 saturated heterocycles. The summed E-state index contributed by atoms with van der Waals surface area (Å²) in [6, 6.07) is 66.2. The van der Waals surface area contributed by atoms with Gasteiger partial charge in [0.1, 0.15) is 0 Å². The molecule has 3 aromatic heterocycles. The first-order valence-electron chi connectivity index (χ1n) is 30.7. The number of pyridine rings is 2. The first kappa shape index (κ1) is 57.9. The van der Waals surface area contributed by atoms with Gasteiger partial charge in [0.2, 0.25) is 0 Å². The summed E-state index contributed by atoms with van der Waals surface area (Å²) in [6.45, 7) is 40.2. The predicted molar refractivity (Wildman–Crippen MR) is 370 cm³/mol. The molecule has 0 amide bonds. The fraction of sp³-hybridized carbons (Fsp3) is 0.300. The highest BCUT2D eigenvalue weighted by molar-refractivity contribution is 6.19. The maximum absolute atomic E-state index is 16.0. The van der Waals surface area contributed by atoms with Gasteiger partial charge in [-0.3, -0.25) is 9.59 Å². The molecule has 9 aromatic carbocycles. The number of hydrogen-bond acceptors (Lipinski definition) is 4. The molecule has 0 unspecified atom stereocenters. The highest BCUT2D eigenvalue weighted by atomic mass is 16.1. The predicted octanol–water partition coefficient (Wildman–Crippen LogP) is 21.4. The average molecular weight is 1130 g/mol. The zero-order chi connectivity index (χ0) is 61.5. The van der Waals surface area contributed by atoms with Gasteiger partial charge in [-0.15, -0.1) is 0 Å². The lowest BCUT2D eigenvalue weighted by atomic mass is 9.85. The van der Waals surface area contributed by atoms with Crippen LogP contribution in [0.2, 0.25) is 0 Å². The van der Waals surface area contributed by atoms with Crippen LogP contribution >= 0.6 is 0 Å². The number of fused-ring (bicyclic) bond motifs is 7. The number of nitrogens with zero attached hydrogens (tertiary/aromatic N) is 4. The second-order valence-electron chi connectivity index (χ2n) is 30.4. The third kappa shape index (κ3) is 9.93. The first-order valence-corrected chi connectivity index (χ1v) is 30.7. The summed E-state index contributed by atoms with van der Waals surface area (Å²) in [4.78, 5) is 36.8. The Morgan fingerprint density at radius 1 is 0.279 bits per heavy atom. The molecule has 6 heteroatoms. The molecule has 0 radical (unpaired) electrons. The van der Waals surface area contributed by atoms with Gasteiger partial charge in [0, 0.05) is 60.8 Å². The number of para-hydroxylation sites is 2. The molecule has 12 rings (SSSR count). The molecule has 86 heavy (non-hydrogen) atoms. The van der Waals surface area contributed by atoms with Crippen molar-refractivity contribution in [2.75, 3.05) is 9.80 Å². The van der Waals surface area contributed by atoms with Crippen molar-refractivity contribution in [3.63, 3.8) is 0 Å². The largest absolute Gasteiger partial charge is 0.308 e. The highest BCUT2D eigenvalue weighted by Gasteiger charge is 2.30. The van der Waals surface area contributed by atoms with E-state index in [1.165, 1.54) is 22.3 Å². The van der Waals surface area contributed by atoms with E-state index in [1.807, 2.05) is 0 Å². The standard InChI is InChI=1S/C80H84N4O2/c1-75(2,3)49-25-35-55(36-26-49)81(56-37-27-50(28-38-56)76(4,5)6)68-23-19-21-60-61-22-20-24-69(82(57-39-29-51(30-40-57)77(7,8)9)58-41-31-52(32-42-58)78(10,11)12)72(61)83(71(60)68)59-47-64-70-65(48-59)74(86)63-46-54(80(16,17)18)34-44-67(63)84(70)66-43-33-53(79(13,14)15)45-62(66)73(64)85/h19-48H,1-18H3.